The molecule has 1 aliphatic rings. The lowest BCUT2D eigenvalue weighted by Crippen LogP contribution is -2.29. The van der Waals surface area contributed by atoms with Crippen molar-refractivity contribution in [2.45, 2.75) is 19.8 Å². The van der Waals surface area contributed by atoms with Crippen molar-refractivity contribution in [3.63, 3.8) is 0 Å². The highest BCUT2D eigenvalue weighted by atomic mass is 16.5. The lowest BCUT2D eigenvalue weighted by Gasteiger charge is -2.18. The minimum Gasteiger partial charge on any atom is -0.383 e. The molecule has 0 unspecified atom stereocenters. The zero-order valence-electron chi connectivity index (χ0n) is 21.4. The molecule has 4 heterocycles. The van der Waals surface area contributed by atoms with Crippen LogP contribution in [0, 0.1) is 6.92 Å². The predicted octanol–water partition coefficient (Wildman–Crippen LogP) is 5.71. The molecule has 3 aromatic heterocycles. The Morgan fingerprint density at radius 1 is 0.838 bits per heavy atom. The molecule has 2 aromatic carbocycles. The number of pyridine rings is 2. The first-order valence-corrected chi connectivity index (χ1v) is 12.9. The Kier molecular flexibility index (Phi) is 6.51. The van der Waals surface area contributed by atoms with Gasteiger partial charge in [-0.25, -0.2) is 4.98 Å². The van der Waals surface area contributed by atoms with Crippen LogP contribution in [-0.2, 0) is 17.6 Å². The monoisotopic (exact) mass is 489 g/mol. The van der Waals surface area contributed by atoms with Gasteiger partial charge in [-0.1, -0.05) is 48.5 Å². The van der Waals surface area contributed by atoms with Gasteiger partial charge in [-0.15, -0.1) is 0 Å². The highest BCUT2D eigenvalue weighted by Crippen LogP contribution is 2.32. The molecule has 0 saturated carbocycles. The fourth-order valence-corrected chi connectivity index (χ4v) is 5.25. The van der Waals surface area contributed by atoms with Crippen LogP contribution in [0.5, 0.6) is 0 Å². The lowest BCUT2D eigenvalue weighted by molar-refractivity contribution is 0.150. The number of methoxy groups -OCH3 is 1. The number of aromatic nitrogens is 4. The molecular formula is C31H31N5O. The van der Waals surface area contributed by atoms with Gasteiger partial charge in [0.1, 0.15) is 5.69 Å². The maximum atomic E-state index is 5.28. The maximum Gasteiger partial charge on any atom is 0.155 e. The van der Waals surface area contributed by atoms with Crippen molar-refractivity contribution in [3.05, 3.63) is 89.7 Å². The number of aromatic amines is 1. The van der Waals surface area contributed by atoms with E-state index in [1.54, 1.807) is 7.11 Å². The molecule has 6 heteroatoms. The van der Waals surface area contributed by atoms with Gasteiger partial charge in [0.2, 0.25) is 0 Å². The van der Waals surface area contributed by atoms with Crippen molar-refractivity contribution in [2.75, 3.05) is 33.4 Å². The lowest BCUT2D eigenvalue weighted by atomic mass is 9.96. The van der Waals surface area contributed by atoms with Gasteiger partial charge >= 0.3 is 0 Å². The number of hydrogen-bond acceptors (Lipinski definition) is 5. The van der Waals surface area contributed by atoms with E-state index in [1.807, 2.05) is 18.5 Å². The summed E-state index contributed by atoms with van der Waals surface area (Å²) in [5, 5.41) is 8.76. The SMILES string of the molecule is COCCN1CCc2ccc(-c3cnc4[nH]nc(-c5ccc(-c6ncccc6C)cc5)c4c3)cc2CC1. The van der Waals surface area contributed by atoms with Crippen LogP contribution in [-0.4, -0.2) is 58.4 Å². The Hall–Kier alpha value is -3.87. The fourth-order valence-electron chi connectivity index (χ4n) is 5.25. The number of benzene rings is 2. The molecule has 37 heavy (non-hydrogen) atoms. The molecule has 6 nitrogen and oxygen atoms in total. The molecule has 0 amide bonds. The normalized spacial score (nSPS) is 14.0. The van der Waals surface area contributed by atoms with Gasteiger partial charge in [-0.2, -0.15) is 5.10 Å². The van der Waals surface area contributed by atoms with E-state index in [0.29, 0.717) is 0 Å². The predicted molar refractivity (Wildman–Crippen MR) is 148 cm³/mol. The summed E-state index contributed by atoms with van der Waals surface area (Å²) in [6.45, 7) is 6.01. The van der Waals surface area contributed by atoms with Gasteiger partial charge < -0.3 is 9.64 Å². The van der Waals surface area contributed by atoms with Gasteiger partial charge in [-0.05, 0) is 54.2 Å². The van der Waals surface area contributed by atoms with Gasteiger partial charge in [0.05, 0.1) is 12.3 Å². The number of nitrogens with one attached hydrogen (secondary N) is 1. The van der Waals surface area contributed by atoms with Crippen LogP contribution in [0.15, 0.2) is 73.1 Å². The summed E-state index contributed by atoms with van der Waals surface area (Å²) in [7, 11) is 1.77. The molecule has 0 saturated heterocycles. The van der Waals surface area contributed by atoms with E-state index in [0.717, 1.165) is 83.8 Å². The van der Waals surface area contributed by atoms with E-state index in [1.165, 1.54) is 16.7 Å². The van der Waals surface area contributed by atoms with Crippen molar-refractivity contribution >= 4 is 11.0 Å². The first-order chi connectivity index (χ1) is 18.2. The maximum absolute atomic E-state index is 5.28. The summed E-state index contributed by atoms with van der Waals surface area (Å²) in [5.74, 6) is 0. The van der Waals surface area contributed by atoms with Crippen LogP contribution in [0.2, 0.25) is 0 Å². The number of hydrogen-bond donors (Lipinski definition) is 1. The summed E-state index contributed by atoms with van der Waals surface area (Å²) in [4.78, 5) is 11.8. The highest BCUT2D eigenvalue weighted by molar-refractivity contribution is 5.93. The molecule has 1 aliphatic heterocycles. The number of H-pyrrole nitrogens is 1. The van der Waals surface area contributed by atoms with Gasteiger partial charge in [-0.3, -0.25) is 10.1 Å². The molecule has 0 bridgehead atoms. The van der Waals surface area contributed by atoms with E-state index in [-0.39, 0.29) is 0 Å². The topological polar surface area (TPSA) is 66.9 Å². The molecule has 186 valence electrons. The Balaban J connectivity index is 1.29. The molecule has 1 N–H and O–H groups in total. The van der Waals surface area contributed by atoms with Gasteiger partial charge in [0.15, 0.2) is 5.65 Å². The standard InChI is InChI=1S/C31H31N5O/c1-21-4-3-13-32-29(21)23-6-8-24(9-7-23)30-28-19-27(20-33-31(28)35-34-30)25-10-5-22-11-14-36(16-17-37-2)15-12-26(22)18-25/h3-10,13,18-20H,11-12,14-17H2,1-2H3,(H,33,34,35). The van der Waals surface area contributed by atoms with Crippen molar-refractivity contribution in [2.24, 2.45) is 0 Å². The summed E-state index contributed by atoms with van der Waals surface area (Å²) < 4.78 is 5.28. The zero-order chi connectivity index (χ0) is 25.2. The van der Waals surface area contributed by atoms with Crippen LogP contribution in [0.3, 0.4) is 0 Å². The molecule has 0 spiro atoms. The third kappa shape index (κ3) is 4.78. The van der Waals surface area contributed by atoms with Crippen LogP contribution in [0.1, 0.15) is 16.7 Å². The average Bonchev–Trinajstić information content (AvgIpc) is 3.25. The minimum absolute atomic E-state index is 0.784. The molecule has 0 radical (unpaired) electrons. The number of fused-ring (bicyclic) bond motifs is 2. The third-order valence-corrected chi connectivity index (χ3v) is 7.40. The average molecular weight is 490 g/mol. The first kappa shape index (κ1) is 23.5. The van der Waals surface area contributed by atoms with Crippen LogP contribution in [0.25, 0.3) is 44.7 Å². The zero-order valence-corrected chi connectivity index (χ0v) is 21.4. The number of rotatable bonds is 6. The van der Waals surface area contributed by atoms with Crippen molar-refractivity contribution in [3.8, 4) is 33.6 Å². The van der Waals surface area contributed by atoms with E-state index < -0.39 is 0 Å². The molecular weight excluding hydrogens is 458 g/mol. The highest BCUT2D eigenvalue weighted by Gasteiger charge is 2.16. The molecule has 0 fully saturated rings. The number of aryl methyl sites for hydroxylation is 1. The van der Waals surface area contributed by atoms with Crippen LogP contribution >= 0.6 is 0 Å². The fraction of sp³-hybridized carbons (Fsp3) is 0.258. The number of ether oxygens (including phenoxy) is 1. The smallest absolute Gasteiger partial charge is 0.155 e. The second kappa shape index (κ2) is 10.2. The Labute approximate surface area is 217 Å². The first-order valence-electron chi connectivity index (χ1n) is 12.9. The molecule has 0 atom stereocenters. The van der Waals surface area contributed by atoms with E-state index in [9.17, 15) is 0 Å². The quantitative estimate of drug-likeness (QED) is 0.331. The van der Waals surface area contributed by atoms with Crippen molar-refractivity contribution in [1.29, 1.82) is 0 Å². The summed E-state index contributed by atoms with van der Waals surface area (Å²) in [6.07, 6.45) is 5.92. The minimum atomic E-state index is 0.784. The van der Waals surface area contributed by atoms with Crippen LogP contribution < -0.4 is 0 Å². The Morgan fingerprint density at radius 3 is 2.38 bits per heavy atom. The second-order valence-corrected chi connectivity index (χ2v) is 9.76. The van der Waals surface area contributed by atoms with Gasteiger partial charge in [0, 0.05) is 61.2 Å². The summed E-state index contributed by atoms with van der Waals surface area (Å²) in [5.41, 5.74) is 11.2. The number of nitrogens with zero attached hydrogens (tertiary/aromatic N) is 4. The summed E-state index contributed by atoms with van der Waals surface area (Å²) in [6, 6.07) is 21.6. The van der Waals surface area contributed by atoms with Crippen LogP contribution in [0.4, 0.5) is 0 Å². The van der Waals surface area contributed by atoms with E-state index in [4.69, 9.17) is 9.72 Å². The largest absolute Gasteiger partial charge is 0.383 e. The van der Waals surface area contributed by atoms with E-state index >= 15 is 0 Å². The van der Waals surface area contributed by atoms with Crippen molar-refractivity contribution < 1.29 is 4.74 Å². The molecule has 0 aliphatic carbocycles. The van der Waals surface area contributed by atoms with Crippen molar-refractivity contribution in [1.82, 2.24) is 25.1 Å². The van der Waals surface area contributed by atoms with Gasteiger partial charge in [0.25, 0.3) is 0 Å². The molecule has 6 rings (SSSR count). The Bertz CT molecular complexity index is 1540. The molecule has 5 aromatic rings. The third-order valence-electron chi connectivity index (χ3n) is 7.40. The summed E-state index contributed by atoms with van der Waals surface area (Å²) >= 11 is 0. The van der Waals surface area contributed by atoms with E-state index in [2.05, 4.69) is 81.6 Å². The second-order valence-electron chi connectivity index (χ2n) is 9.76. The Morgan fingerprint density at radius 2 is 1.59 bits per heavy atom.